The third kappa shape index (κ3) is 7.02. The number of halogens is 6. The fourth-order valence-electron chi connectivity index (χ4n) is 8.23. The largest absolute Gasteiger partial charge is 0.379 e. The fourth-order valence-corrected chi connectivity index (χ4v) is 9.64. The SMILES string of the molecule is O=C(Cn1nc(C(F)F)c2c1C(F)(F)[C@@H]1C[C@H]21)NC(Cc1cc(F)cc(F)c1)c1nc2cc(-c3cccnc3)ccc2c(=O)n1-c1ccc(S(=O)(=O)N2CCOCC2)cc1. The molecule has 310 valence electrons. The first kappa shape index (κ1) is 39.5. The summed E-state index contributed by atoms with van der Waals surface area (Å²) in [6, 6.07) is 14.8. The molecule has 19 heteroatoms. The Bertz CT molecular complexity index is 2810. The van der Waals surface area contributed by atoms with Crippen LogP contribution in [0.4, 0.5) is 26.3 Å². The van der Waals surface area contributed by atoms with Crippen LogP contribution < -0.4 is 10.9 Å². The minimum atomic E-state index is -3.97. The molecule has 3 atom stereocenters. The number of pyridine rings is 1. The van der Waals surface area contributed by atoms with Crippen LogP contribution in [0.25, 0.3) is 27.7 Å². The lowest BCUT2D eigenvalue weighted by Gasteiger charge is -2.26. The average molecular weight is 850 g/mol. The van der Waals surface area contributed by atoms with E-state index >= 15 is 8.78 Å². The van der Waals surface area contributed by atoms with Gasteiger partial charge in [-0.3, -0.25) is 23.8 Å². The summed E-state index contributed by atoms with van der Waals surface area (Å²) in [5, 5.41) is 6.50. The van der Waals surface area contributed by atoms with Gasteiger partial charge in [-0.15, -0.1) is 0 Å². The minimum absolute atomic E-state index is 0.00125. The van der Waals surface area contributed by atoms with E-state index in [-0.39, 0.29) is 71.2 Å². The molecule has 3 aliphatic rings. The molecule has 2 aliphatic carbocycles. The zero-order chi connectivity index (χ0) is 42.1. The Balaban J connectivity index is 1.17. The van der Waals surface area contributed by atoms with Gasteiger partial charge in [0, 0.05) is 55.0 Å². The predicted octanol–water partition coefficient (Wildman–Crippen LogP) is 6.19. The minimum Gasteiger partial charge on any atom is -0.379 e. The highest BCUT2D eigenvalue weighted by molar-refractivity contribution is 7.89. The average Bonchev–Trinajstić information content (AvgIpc) is 3.89. The van der Waals surface area contributed by atoms with Gasteiger partial charge in [-0.2, -0.15) is 18.2 Å². The number of carbonyl (C=O) groups is 1. The van der Waals surface area contributed by atoms with E-state index in [0.29, 0.717) is 21.9 Å². The highest BCUT2D eigenvalue weighted by Crippen LogP contribution is 2.68. The van der Waals surface area contributed by atoms with E-state index in [0.717, 1.165) is 16.7 Å². The number of aromatic nitrogens is 5. The van der Waals surface area contributed by atoms with Gasteiger partial charge in [0.1, 0.15) is 35.4 Å². The second kappa shape index (κ2) is 15.0. The fraction of sp³-hybridized carbons (Fsp3) is 0.293. The van der Waals surface area contributed by atoms with Crippen molar-refractivity contribution in [2.24, 2.45) is 5.92 Å². The van der Waals surface area contributed by atoms with Crippen molar-refractivity contribution in [3.8, 4) is 16.8 Å². The van der Waals surface area contributed by atoms with Crippen LogP contribution in [0, 0.1) is 17.6 Å². The lowest BCUT2D eigenvalue weighted by atomic mass is 10.0. The molecule has 0 bridgehead atoms. The molecule has 1 aliphatic heterocycles. The number of hydrogen-bond donors (Lipinski definition) is 1. The molecule has 0 spiro atoms. The van der Waals surface area contributed by atoms with Crippen molar-refractivity contribution in [3.63, 3.8) is 0 Å². The van der Waals surface area contributed by atoms with Gasteiger partial charge < -0.3 is 10.1 Å². The summed E-state index contributed by atoms with van der Waals surface area (Å²) in [5.74, 6) is -8.63. The second-order valence-electron chi connectivity index (χ2n) is 14.9. The number of hydrogen-bond acceptors (Lipinski definition) is 8. The molecule has 60 heavy (non-hydrogen) atoms. The number of alkyl halides is 4. The Morgan fingerprint density at radius 1 is 0.967 bits per heavy atom. The zero-order valence-electron chi connectivity index (χ0n) is 31.2. The molecule has 1 unspecified atom stereocenters. The maximum Gasteiger partial charge on any atom is 0.293 e. The van der Waals surface area contributed by atoms with Gasteiger partial charge in [0.15, 0.2) is 0 Å². The van der Waals surface area contributed by atoms with Crippen LogP contribution in [-0.2, 0) is 38.4 Å². The molecule has 2 fully saturated rings. The van der Waals surface area contributed by atoms with Crippen molar-refractivity contribution < 1.29 is 44.3 Å². The van der Waals surface area contributed by atoms with Gasteiger partial charge >= 0.3 is 0 Å². The quantitative estimate of drug-likeness (QED) is 0.152. The second-order valence-corrected chi connectivity index (χ2v) is 16.8. The molecule has 1 amide bonds. The molecule has 4 heterocycles. The van der Waals surface area contributed by atoms with Crippen LogP contribution in [0.5, 0.6) is 0 Å². The van der Waals surface area contributed by atoms with E-state index in [4.69, 9.17) is 9.72 Å². The van der Waals surface area contributed by atoms with Gasteiger partial charge in [-0.05, 0) is 78.1 Å². The first-order valence-corrected chi connectivity index (χ1v) is 20.3. The maximum absolute atomic E-state index is 15.4. The van der Waals surface area contributed by atoms with Gasteiger partial charge in [-0.25, -0.2) is 31.0 Å². The number of amides is 1. The molecule has 1 saturated heterocycles. The van der Waals surface area contributed by atoms with Crippen molar-refractivity contribution in [3.05, 3.63) is 136 Å². The smallest absolute Gasteiger partial charge is 0.293 e. The Morgan fingerprint density at radius 3 is 2.38 bits per heavy atom. The van der Waals surface area contributed by atoms with Gasteiger partial charge in [0.05, 0.1) is 40.7 Å². The summed E-state index contributed by atoms with van der Waals surface area (Å²) in [4.78, 5) is 37.5. The van der Waals surface area contributed by atoms with Gasteiger partial charge in [-0.1, -0.05) is 12.1 Å². The Hall–Kier alpha value is -5.92. The van der Waals surface area contributed by atoms with Crippen molar-refractivity contribution in [2.75, 3.05) is 26.3 Å². The molecule has 0 radical (unpaired) electrons. The van der Waals surface area contributed by atoms with Crippen LogP contribution >= 0.6 is 0 Å². The number of nitrogens with zero attached hydrogens (tertiary/aromatic N) is 6. The summed E-state index contributed by atoms with van der Waals surface area (Å²) >= 11 is 0. The summed E-state index contributed by atoms with van der Waals surface area (Å²) in [5.41, 5.74) is -1.03. The maximum atomic E-state index is 15.4. The molecular formula is C41H33F6N7O5S. The summed E-state index contributed by atoms with van der Waals surface area (Å²) in [7, 11) is -3.97. The third-order valence-electron chi connectivity index (χ3n) is 11.1. The molecule has 1 saturated carbocycles. The van der Waals surface area contributed by atoms with Gasteiger partial charge in [0.2, 0.25) is 15.9 Å². The molecule has 12 nitrogen and oxygen atoms in total. The van der Waals surface area contributed by atoms with Crippen LogP contribution in [0.2, 0.25) is 0 Å². The summed E-state index contributed by atoms with van der Waals surface area (Å²) < 4.78 is 123. The molecule has 9 rings (SSSR count). The Labute approximate surface area is 337 Å². The van der Waals surface area contributed by atoms with Crippen LogP contribution in [0.15, 0.2) is 94.9 Å². The number of morpholine rings is 1. The molecule has 3 aromatic heterocycles. The van der Waals surface area contributed by atoms with E-state index in [9.17, 15) is 35.6 Å². The highest BCUT2D eigenvalue weighted by atomic mass is 32.2. The van der Waals surface area contributed by atoms with E-state index in [1.54, 1.807) is 36.7 Å². The molecular weight excluding hydrogens is 817 g/mol. The van der Waals surface area contributed by atoms with E-state index in [2.05, 4.69) is 15.4 Å². The third-order valence-corrected chi connectivity index (χ3v) is 13.0. The monoisotopic (exact) mass is 849 g/mol. The number of benzene rings is 3. The van der Waals surface area contributed by atoms with E-state index < -0.39 is 87.7 Å². The summed E-state index contributed by atoms with van der Waals surface area (Å²) in [6.45, 7) is -0.258. The zero-order valence-corrected chi connectivity index (χ0v) is 32.1. The standard InChI is InChI=1S/C41H33F6N7O5S/c42-25-14-22(15-26(43)18-25)16-33(49-34(55)21-53-37-35(36(51-53)38(44)45)30-19-31(30)41(37,46)47)39-50-32-17-23(24-2-1-9-48-20-24)3-8-29(32)40(56)54(39)27-4-6-28(7-5-27)60(57,58)52-10-12-59-13-11-52/h1-9,14-15,17-18,20,30-31,33,38H,10-13,16,19,21H2,(H,49,55)/t30-,31+,33?/m0/s1. The molecule has 1 N–H and O–H groups in total. The van der Waals surface area contributed by atoms with Crippen molar-refractivity contribution in [1.29, 1.82) is 0 Å². The van der Waals surface area contributed by atoms with Crippen LogP contribution in [0.3, 0.4) is 0 Å². The topological polar surface area (TPSA) is 141 Å². The number of nitrogens with one attached hydrogen (secondary N) is 1. The first-order valence-electron chi connectivity index (χ1n) is 18.9. The van der Waals surface area contributed by atoms with Crippen LogP contribution in [-0.4, -0.2) is 69.2 Å². The normalized spacial score (nSPS) is 19.0. The van der Waals surface area contributed by atoms with Gasteiger partial charge in [0.25, 0.3) is 17.9 Å². The van der Waals surface area contributed by atoms with Crippen LogP contribution in [0.1, 0.15) is 53.1 Å². The predicted molar refractivity (Wildman–Crippen MR) is 203 cm³/mol. The van der Waals surface area contributed by atoms with E-state index in [1.165, 1.54) is 34.6 Å². The Morgan fingerprint density at radius 2 is 1.70 bits per heavy atom. The molecule has 6 aromatic rings. The first-order chi connectivity index (χ1) is 28.7. The highest BCUT2D eigenvalue weighted by Gasteiger charge is 2.67. The van der Waals surface area contributed by atoms with Crippen molar-refractivity contribution in [2.45, 2.75) is 48.6 Å². The number of carbonyl (C=O) groups excluding carboxylic acids is 1. The number of sulfonamides is 1. The number of fused-ring (bicyclic) bond motifs is 4. The van der Waals surface area contributed by atoms with Crippen molar-refractivity contribution >= 4 is 26.8 Å². The lowest BCUT2D eigenvalue weighted by molar-refractivity contribution is -0.123. The van der Waals surface area contributed by atoms with E-state index in [1.807, 2.05) is 0 Å². The number of rotatable bonds is 11. The van der Waals surface area contributed by atoms with Crippen molar-refractivity contribution in [1.82, 2.24) is 33.9 Å². The summed E-state index contributed by atoms with van der Waals surface area (Å²) in [6.07, 6.45) is -0.413. The molecule has 3 aromatic carbocycles. The number of ether oxygens (including phenoxy) is 1. The Kier molecular flexibility index (Phi) is 9.86. The lowest BCUT2D eigenvalue weighted by Crippen LogP contribution is -2.40.